The number of aryl methyl sites for hydroxylation is 1. The van der Waals surface area contributed by atoms with Crippen molar-refractivity contribution in [1.82, 2.24) is 9.97 Å². The second-order valence-electron chi connectivity index (χ2n) is 2.02. The van der Waals surface area contributed by atoms with Gasteiger partial charge in [0.1, 0.15) is 6.29 Å². The molecular weight excluding hydrogens is 128 g/mol. The van der Waals surface area contributed by atoms with E-state index in [9.17, 15) is 4.79 Å². The maximum absolute atomic E-state index is 9.99. The largest absolute Gasteiger partial charge is 0.303 e. The second-order valence-corrected chi connectivity index (χ2v) is 2.02. The number of aromatic nitrogens is 2. The van der Waals surface area contributed by atoms with Gasteiger partial charge in [-0.25, -0.2) is 0 Å². The van der Waals surface area contributed by atoms with Gasteiger partial charge in [-0.05, 0) is 6.92 Å². The summed E-state index contributed by atoms with van der Waals surface area (Å²) in [6.07, 6.45) is 4.44. The van der Waals surface area contributed by atoms with Crippen LogP contribution < -0.4 is 0 Å². The molecule has 0 aliphatic carbocycles. The fourth-order valence-corrected chi connectivity index (χ4v) is 0.610. The van der Waals surface area contributed by atoms with E-state index in [1.54, 1.807) is 12.4 Å². The lowest BCUT2D eigenvalue weighted by molar-refractivity contribution is -0.107. The SMILES string of the molecule is Cc1cnc(CC=O)cn1. The van der Waals surface area contributed by atoms with E-state index in [-0.39, 0.29) is 0 Å². The van der Waals surface area contributed by atoms with Crippen LogP contribution in [0.5, 0.6) is 0 Å². The third-order valence-corrected chi connectivity index (χ3v) is 1.13. The first-order chi connectivity index (χ1) is 4.83. The van der Waals surface area contributed by atoms with E-state index in [2.05, 4.69) is 9.97 Å². The number of carbonyl (C=O) groups excluding carboxylic acids is 1. The highest BCUT2D eigenvalue weighted by Gasteiger charge is 1.91. The summed E-state index contributed by atoms with van der Waals surface area (Å²) >= 11 is 0. The number of nitrogens with zero attached hydrogens (tertiary/aromatic N) is 2. The summed E-state index contributed by atoms with van der Waals surface area (Å²) < 4.78 is 0. The molecule has 3 nitrogen and oxygen atoms in total. The Morgan fingerprint density at radius 3 is 2.80 bits per heavy atom. The molecule has 0 spiro atoms. The van der Waals surface area contributed by atoms with Crippen LogP contribution in [0.2, 0.25) is 0 Å². The predicted octanol–water partition coefficient (Wildman–Crippen LogP) is 0.526. The zero-order chi connectivity index (χ0) is 7.40. The van der Waals surface area contributed by atoms with Gasteiger partial charge < -0.3 is 4.79 Å². The summed E-state index contributed by atoms with van der Waals surface area (Å²) in [5.74, 6) is 0. The minimum Gasteiger partial charge on any atom is -0.303 e. The topological polar surface area (TPSA) is 42.9 Å². The van der Waals surface area contributed by atoms with E-state index in [4.69, 9.17) is 0 Å². The molecule has 0 bridgehead atoms. The van der Waals surface area contributed by atoms with Crippen LogP contribution in [-0.2, 0) is 11.2 Å². The Labute approximate surface area is 59.1 Å². The summed E-state index contributed by atoms with van der Waals surface area (Å²) in [5, 5.41) is 0. The van der Waals surface area contributed by atoms with E-state index in [0.717, 1.165) is 17.7 Å². The van der Waals surface area contributed by atoms with Crippen molar-refractivity contribution in [2.24, 2.45) is 0 Å². The van der Waals surface area contributed by atoms with Gasteiger partial charge in [0.25, 0.3) is 0 Å². The van der Waals surface area contributed by atoms with Crippen LogP contribution in [0, 0.1) is 6.92 Å². The highest BCUT2D eigenvalue weighted by atomic mass is 16.1. The molecule has 10 heavy (non-hydrogen) atoms. The van der Waals surface area contributed by atoms with Crippen molar-refractivity contribution in [3.63, 3.8) is 0 Å². The summed E-state index contributed by atoms with van der Waals surface area (Å²) in [6, 6.07) is 0. The molecule has 0 unspecified atom stereocenters. The first-order valence-corrected chi connectivity index (χ1v) is 3.04. The Hall–Kier alpha value is -1.25. The molecular formula is C7H8N2O. The molecule has 0 aromatic carbocycles. The first-order valence-electron chi connectivity index (χ1n) is 3.04. The number of aldehydes is 1. The fraction of sp³-hybridized carbons (Fsp3) is 0.286. The average molecular weight is 136 g/mol. The number of carbonyl (C=O) groups is 1. The summed E-state index contributed by atoms with van der Waals surface area (Å²) in [4.78, 5) is 17.9. The Morgan fingerprint density at radius 2 is 2.30 bits per heavy atom. The van der Waals surface area contributed by atoms with Crippen molar-refractivity contribution in [2.75, 3.05) is 0 Å². The summed E-state index contributed by atoms with van der Waals surface area (Å²) in [7, 11) is 0. The summed E-state index contributed by atoms with van der Waals surface area (Å²) in [6.45, 7) is 1.86. The second kappa shape index (κ2) is 3.06. The maximum atomic E-state index is 9.99. The van der Waals surface area contributed by atoms with Crippen molar-refractivity contribution >= 4 is 6.29 Å². The minimum absolute atomic E-state index is 0.354. The zero-order valence-electron chi connectivity index (χ0n) is 5.74. The molecule has 1 aromatic rings. The quantitative estimate of drug-likeness (QED) is 0.557. The molecule has 0 amide bonds. The maximum Gasteiger partial charge on any atom is 0.125 e. The van der Waals surface area contributed by atoms with Gasteiger partial charge in [-0.3, -0.25) is 9.97 Å². The molecule has 52 valence electrons. The van der Waals surface area contributed by atoms with Gasteiger partial charge in [0.2, 0.25) is 0 Å². The lowest BCUT2D eigenvalue weighted by Crippen LogP contribution is -1.92. The van der Waals surface area contributed by atoms with Crippen molar-refractivity contribution in [1.29, 1.82) is 0 Å². The van der Waals surface area contributed by atoms with E-state index < -0.39 is 0 Å². The van der Waals surface area contributed by atoms with Crippen LogP contribution in [0.1, 0.15) is 11.4 Å². The van der Waals surface area contributed by atoms with Crippen LogP contribution >= 0.6 is 0 Å². The number of rotatable bonds is 2. The zero-order valence-corrected chi connectivity index (χ0v) is 5.74. The van der Waals surface area contributed by atoms with Crippen LogP contribution in [0.25, 0.3) is 0 Å². The Kier molecular flexibility index (Phi) is 2.10. The van der Waals surface area contributed by atoms with Gasteiger partial charge in [-0.15, -0.1) is 0 Å². The van der Waals surface area contributed by atoms with Crippen LogP contribution in [0.3, 0.4) is 0 Å². The number of hydrogen-bond donors (Lipinski definition) is 0. The van der Waals surface area contributed by atoms with Gasteiger partial charge in [0, 0.05) is 18.8 Å². The van der Waals surface area contributed by atoms with Crippen molar-refractivity contribution < 1.29 is 4.79 Å². The smallest absolute Gasteiger partial charge is 0.125 e. The molecule has 0 atom stereocenters. The third kappa shape index (κ3) is 1.62. The van der Waals surface area contributed by atoms with Gasteiger partial charge in [-0.1, -0.05) is 0 Å². The Balaban J connectivity index is 2.78. The molecule has 0 aliphatic rings. The molecule has 0 aliphatic heterocycles. The van der Waals surface area contributed by atoms with Gasteiger partial charge >= 0.3 is 0 Å². The molecule has 3 heteroatoms. The van der Waals surface area contributed by atoms with Gasteiger partial charge in [0.15, 0.2) is 0 Å². The molecule has 1 heterocycles. The normalized spacial score (nSPS) is 9.30. The Bertz CT molecular complexity index is 218. The van der Waals surface area contributed by atoms with Crippen molar-refractivity contribution in [2.45, 2.75) is 13.3 Å². The lowest BCUT2D eigenvalue weighted by atomic mass is 10.3. The third-order valence-electron chi connectivity index (χ3n) is 1.13. The van der Waals surface area contributed by atoms with Crippen molar-refractivity contribution in [3.8, 4) is 0 Å². The molecule has 0 fully saturated rings. The predicted molar refractivity (Wildman–Crippen MR) is 36.5 cm³/mol. The van der Waals surface area contributed by atoms with Gasteiger partial charge in [-0.2, -0.15) is 0 Å². The highest BCUT2D eigenvalue weighted by molar-refractivity contribution is 5.53. The summed E-state index contributed by atoms with van der Waals surface area (Å²) in [5.41, 5.74) is 1.59. The molecule has 0 radical (unpaired) electrons. The van der Waals surface area contributed by atoms with E-state index in [0.29, 0.717) is 6.42 Å². The monoisotopic (exact) mass is 136 g/mol. The molecule has 0 saturated carbocycles. The van der Waals surface area contributed by atoms with E-state index >= 15 is 0 Å². The standard InChI is InChI=1S/C7H8N2O/c1-6-4-9-7(2-3-10)5-8-6/h3-5H,2H2,1H3. The highest BCUT2D eigenvalue weighted by Crippen LogP contribution is 1.92. The number of hydrogen-bond acceptors (Lipinski definition) is 3. The Morgan fingerprint density at radius 1 is 1.50 bits per heavy atom. The fourth-order valence-electron chi connectivity index (χ4n) is 0.610. The van der Waals surface area contributed by atoms with E-state index in [1.807, 2.05) is 6.92 Å². The average Bonchev–Trinajstić information content (AvgIpc) is 1.95. The van der Waals surface area contributed by atoms with Crippen LogP contribution in [0.15, 0.2) is 12.4 Å². The van der Waals surface area contributed by atoms with E-state index in [1.165, 1.54) is 0 Å². The van der Waals surface area contributed by atoms with Crippen molar-refractivity contribution in [3.05, 3.63) is 23.8 Å². The lowest BCUT2D eigenvalue weighted by Gasteiger charge is -1.92. The molecule has 1 rings (SSSR count). The van der Waals surface area contributed by atoms with Crippen LogP contribution in [0.4, 0.5) is 0 Å². The first kappa shape index (κ1) is 6.86. The molecule has 0 N–H and O–H groups in total. The van der Waals surface area contributed by atoms with Gasteiger partial charge in [0.05, 0.1) is 11.4 Å². The van der Waals surface area contributed by atoms with Crippen LogP contribution in [-0.4, -0.2) is 16.3 Å². The minimum atomic E-state index is 0.354. The molecule has 0 saturated heterocycles. The molecule has 1 aromatic heterocycles.